The van der Waals surface area contributed by atoms with Crippen molar-refractivity contribution in [2.24, 2.45) is 0 Å². The molecule has 0 heterocycles. The highest BCUT2D eigenvalue weighted by Gasteiger charge is 2.43. The predicted molar refractivity (Wildman–Crippen MR) is 111 cm³/mol. The first kappa shape index (κ1) is 18.5. The summed E-state index contributed by atoms with van der Waals surface area (Å²) in [6.45, 7) is 6.05. The molecule has 1 aliphatic rings. The Morgan fingerprint density at radius 3 is 2.43 bits per heavy atom. The highest BCUT2D eigenvalue weighted by molar-refractivity contribution is 14.1. The fourth-order valence-corrected chi connectivity index (χ4v) is 6.27. The monoisotopic (exact) mass is 627 g/mol. The molecule has 3 unspecified atom stereocenters. The van der Waals surface area contributed by atoms with Crippen LogP contribution in [0.4, 0.5) is 0 Å². The Kier molecular flexibility index (Phi) is 7.77. The molecule has 0 spiro atoms. The smallest absolute Gasteiger partial charge is 0.146 e. The van der Waals surface area contributed by atoms with Crippen molar-refractivity contribution in [2.75, 3.05) is 13.2 Å². The van der Waals surface area contributed by atoms with Crippen LogP contribution in [0.3, 0.4) is 0 Å². The number of ether oxygens (including phenoxy) is 2. The number of rotatable bonds is 7. The molecule has 21 heavy (non-hydrogen) atoms. The van der Waals surface area contributed by atoms with E-state index in [0.29, 0.717) is 6.04 Å². The number of hydrogen-bond acceptors (Lipinski definition) is 3. The van der Waals surface area contributed by atoms with Crippen molar-refractivity contribution < 1.29 is 9.47 Å². The van der Waals surface area contributed by atoms with Gasteiger partial charge in [0.1, 0.15) is 18.0 Å². The Morgan fingerprint density at radius 2 is 1.86 bits per heavy atom. The Morgan fingerprint density at radius 1 is 1.19 bits per heavy atom. The molecule has 3 nitrogen and oxygen atoms in total. The highest BCUT2D eigenvalue weighted by Crippen LogP contribution is 2.35. The fraction of sp³-hybridized carbons (Fsp3) is 0.600. The van der Waals surface area contributed by atoms with Crippen molar-refractivity contribution in [1.29, 1.82) is 0 Å². The molecule has 3 atom stereocenters. The number of hydrogen-bond donors (Lipinski definition) is 1. The Balaban J connectivity index is 2.05. The van der Waals surface area contributed by atoms with Gasteiger partial charge in [-0.05, 0) is 92.9 Å². The molecule has 0 saturated heterocycles. The van der Waals surface area contributed by atoms with E-state index in [1.54, 1.807) is 0 Å². The maximum absolute atomic E-state index is 6.27. The predicted octanol–water partition coefficient (Wildman–Crippen LogP) is 4.42. The van der Waals surface area contributed by atoms with Crippen LogP contribution in [0, 0.1) is 10.7 Å². The van der Waals surface area contributed by atoms with Gasteiger partial charge in [0.05, 0.1) is 7.14 Å². The summed E-state index contributed by atoms with van der Waals surface area (Å²) in [4.78, 5) is 0. The van der Waals surface area contributed by atoms with Crippen LogP contribution in [0.25, 0.3) is 0 Å². The number of halogens is 3. The van der Waals surface area contributed by atoms with Crippen molar-refractivity contribution >= 4 is 67.8 Å². The molecular formula is C15H20I3NO2. The Hall–Kier alpha value is 1.13. The van der Waals surface area contributed by atoms with E-state index in [9.17, 15) is 0 Å². The fourth-order valence-electron chi connectivity index (χ4n) is 2.43. The van der Waals surface area contributed by atoms with Crippen LogP contribution in [0.15, 0.2) is 12.1 Å². The minimum absolute atomic E-state index is 0.155. The quantitative estimate of drug-likeness (QED) is 0.455. The molecule has 0 amide bonds. The van der Waals surface area contributed by atoms with Gasteiger partial charge >= 0.3 is 0 Å². The molecule has 1 aromatic rings. The van der Waals surface area contributed by atoms with Gasteiger partial charge in [0.25, 0.3) is 0 Å². The van der Waals surface area contributed by atoms with Crippen molar-refractivity contribution in [2.45, 2.75) is 44.9 Å². The lowest BCUT2D eigenvalue weighted by molar-refractivity contribution is -0.108. The summed E-state index contributed by atoms with van der Waals surface area (Å²) in [5.74, 6) is 1.00. The van der Waals surface area contributed by atoms with E-state index in [-0.39, 0.29) is 12.2 Å². The van der Waals surface area contributed by atoms with Crippen LogP contribution in [-0.4, -0.2) is 31.4 Å². The molecule has 1 saturated carbocycles. The standard InChI is InChI=1S/C15H20I3NO2/c1-3-5-20-15-12(19-4-2)8-13(15)21-14-10(17)6-9(16)7-11(14)18/h6-7,12-13,15,19H,3-5,8H2,1-2H3. The first-order valence-corrected chi connectivity index (χ1v) is 10.5. The molecule has 6 heteroatoms. The summed E-state index contributed by atoms with van der Waals surface area (Å²) >= 11 is 7.05. The van der Waals surface area contributed by atoms with E-state index in [4.69, 9.17) is 9.47 Å². The van der Waals surface area contributed by atoms with Gasteiger partial charge in [-0.2, -0.15) is 0 Å². The average molecular weight is 627 g/mol. The van der Waals surface area contributed by atoms with Gasteiger partial charge in [0.15, 0.2) is 0 Å². The molecule has 0 aromatic heterocycles. The minimum atomic E-state index is 0.155. The van der Waals surface area contributed by atoms with E-state index >= 15 is 0 Å². The lowest BCUT2D eigenvalue weighted by Crippen LogP contribution is -2.61. The van der Waals surface area contributed by atoms with Gasteiger partial charge in [0.2, 0.25) is 0 Å². The van der Waals surface area contributed by atoms with Crippen LogP contribution in [0.2, 0.25) is 0 Å². The van der Waals surface area contributed by atoms with Crippen LogP contribution in [0.5, 0.6) is 5.75 Å². The SMILES string of the molecule is CCCOC1C(NCC)CC1Oc1c(I)cc(I)cc1I. The number of nitrogens with one attached hydrogen (secondary N) is 1. The molecule has 1 N–H and O–H groups in total. The molecule has 1 aliphatic carbocycles. The second-order valence-corrected chi connectivity index (χ2v) is 8.66. The molecule has 0 aliphatic heterocycles. The maximum atomic E-state index is 6.27. The molecule has 1 aromatic carbocycles. The molecule has 0 bridgehead atoms. The van der Waals surface area contributed by atoms with Crippen LogP contribution >= 0.6 is 67.8 Å². The third-order valence-corrected chi connectivity index (χ3v) is 5.69. The minimum Gasteiger partial charge on any atom is -0.485 e. The van der Waals surface area contributed by atoms with Gasteiger partial charge < -0.3 is 14.8 Å². The summed E-state index contributed by atoms with van der Waals surface area (Å²) in [6.07, 6.45) is 2.37. The second-order valence-electron chi connectivity index (χ2n) is 5.09. The topological polar surface area (TPSA) is 30.5 Å². The van der Waals surface area contributed by atoms with E-state index in [1.807, 2.05) is 0 Å². The highest BCUT2D eigenvalue weighted by atomic mass is 127. The lowest BCUT2D eigenvalue weighted by atomic mass is 9.85. The van der Waals surface area contributed by atoms with E-state index in [0.717, 1.165) is 31.7 Å². The zero-order valence-corrected chi connectivity index (χ0v) is 18.6. The zero-order valence-electron chi connectivity index (χ0n) is 12.2. The molecule has 0 radical (unpaired) electrons. The van der Waals surface area contributed by atoms with Crippen molar-refractivity contribution in [3.05, 3.63) is 22.8 Å². The lowest BCUT2D eigenvalue weighted by Gasteiger charge is -2.44. The van der Waals surface area contributed by atoms with Crippen molar-refractivity contribution in [3.63, 3.8) is 0 Å². The van der Waals surface area contributed by atoms with Crippen molar-refractivity contribution in [1.82, 2.24) is 5.32 Å². The average Bonchev–Trinajstić information content (AvgIpc) is 2.40. The Bertz CT molecular complexity index is 461. The van der Waals surface area contributed by atoms with E-state index in [2.05, 4.69) is 99.1 Å². The van der Waals surface area contributed by atoms with Gasteiger partial charge in [-0.1, -0.05) is 13.8 Å². The molecule has 1 fully saturated rings. The summed E-state index contributed by atoms with van der Waals surface area (Å²) in [5, 5.41) is 3.49. The maximum Gasteiger partial charge on any atom is 0.146 e. The number of benzene rings is 1. The van der Waals surface area contributed by atoms with E-state index in [1.165, 1.54) is 10.7 Å². The largest absolute Gasteiger partial charge is 0.485 e. The van der Waals surface area contributed by atoms with Crippen LogP contribution < -0.4 is 10.1 Å². The van der Waals surface area contributed by atoms with Crippen molar-refractivity contribution in [3.8, 4) is 5.75 Å². The third-order valence-electron chi connectivity index (χ3n) is 3.46. The summed E-state index contributed by atoms with van der Waals surface area (Å²) < 4.78 is 15.8. The Labute approximate surface area is 167 Å². The van der Waals surface area contributed by atoms with Crippen LogP contribution in [-0.2, 0) is 4.74 Å². The summed E-state index contributed by atoms with van der Waals surface area (Å²) in [5.41, 5.74) is 0. The van der Waals surface area contributed by atoms with Gasteiger partial charge in [-0.25, -0.2) is 0 Å². The first-order valence-electron chi connectivity index (χ1n) is 7.23. The molecular weight excluding hydrogens is 607 g/mol. The summed E-state index contributed by atoms with van der Waals surface area (Å²) in [6, 6.07) is 4.73. The second kappa shape index (κ2) is 8.84. The normalized spacial score (nSPS) is 24.7. The molecule has 118 valence electrons. The zero-order chi connectivity index (χ0) is 15.4. The van der Waals surface area contributed by atoms with Crippen LogP contribution in [0.1, 0.15) is 26.7 Å². The van der Waals surface area contributed by atoms with E-state index < -0.39 is 0 Å². The van der Waals surface area contributed by atoms with Gasteiger partial charge in [-0.15, -0.1) is 0 Å². The van der Waals surface area contributed by atoms with Gasteiger partial charge in [0, 0.05) is 22.6 Å². The molecule has 2 rings (SSSR count). The summed E-state index contributed by atoms with van der Waals surface area (Å²) in [7, 11) is 0. The van der Waals surface area contributed by atoms with Gasteiger partial charge in [-0.3, -0.25) is 0 Å². The third kappa shape index (κ3) is 4.80. The first-order chi connectivity index (χ1) is 10.1. The number of likely N-dealkylation sites (N-methyl/N-ethyl adjacent to an activating group) is 1.